The van der Waals surface area contributed by atoms with E-state index >= 15 is 0 Å². The lowest BCUT2D eigenvalue weighted by Crippen LogP contribution is -2.35. The fourth-order valence-electron chi connectivity index (χ4n) is 3.86. The molecule has 1 aliphatic carbocycles. The maximum Gasteiger partial charge on any atom is 0.257 e. The van der Waals surface area contributed by atoms with E-state index in [0.29, 0.717) is 10.7 Å². The SMILES string of the molecule is Cc1ccc2sc(NC(=O)c3ccc(S(=O)(=O)N(C)C4CCCC4)cc3)nc2c1C. The number of benzene rings is 2. The number of rotatable bonds is 5. The van der Waals surface area contributed by atoms with Crippen molar-refractivity contribution in [2.24, 2.45) is 0 Å². The van der Waals surface area contributed by atoms with Crippen LogP contribution in [-0.4, -0.2) is 36.7 Å². The zero-order chi connectivity index (χ0) is 21.5. The highest BCUT2D eigenvalue weighted by molar-refractivity contribution is 7.89. The van der Waals surface area contributed by atoms with Crippen molar-refractivity contribution >= 4 is 42.6 Å². The van der Waals surface area contributed by atoms with Crippen molar-refractivity contribution < 1.29 is 13.2 Å². The highest BCUT2D eigenvalue weighted by Gasteiger charge is 2.30. The summed E-state index contributed by atoms with van der Waals surface area (Å²) in [6, 6.07) is 10.2. The number of hydrogen-bond acceptors (Lipinski definition) is 5. The van der Waals surface area contributed by atoms with Crippen molar-refractivity contribution in [1.82, 2.24) is 9.29 Å². The summed E-state index contributed by atoms with van der Waals surface area (Å²) in [7, 11) is -1.92. The van der Waals surface area contributed by atoms with E-state index in [9.17, 15) is 13.2 Å². The molecule has 1 fully saturated rings. The van der Waals surface area contributed by atoms with Crippen LogP contribution in [0.1, 0.15) is 47.2 Å². The molecule has 158 valence electrons. The van der Waals surface area contributed by atoms with Gasteiger partial charge in [0.2, 0.25) is 10.0 Å². The number of fused-ring (bicyclic) bond motifs is 1. The first kappa shape index (κ1) is 21.0. The second kappa shape index (κ2) is 8.09. The first-order chi connectivity index (χ1) is 14.3. The van der Waals surface area contributed by atoms with Crippen LogP contribution in [0.5, 0.6) is 0 Å². The van der Waals surface area contributed by atoms with E-state index in [2.05, 4.69) is 10.3 Å². The van der Waals surface area contributed by atoms with E-state index in [1.807, 2.05) is 26.0 Å². The number of aryl methyl sites for hydroxylation is 2. The molecule has 1 amide bonds. The minimum atomic E-state index is -3.56. The highest BCUT2D eigenvalue weighted by Crippen LogP contribution is 2.30. The molecule has 0 radical (unpaired) electrons. The van der Waals surface area contributed by atoms with Crippen LogP contribution >= 0.6 is 11.3 Å². The third kappa shape index (κ3) is 3.87. The van der Waals surface area contributed by atoms with E-state index in [1.165, 1.54) is 27.8 Å². The number of sulfonamides is 1. The van der Waals surface area contributed by atoms with Gasteiger partial charge in [0, 0.05) is 18.7 Å². The fourth-order valence-corrected chi connectivity index (χ4v) is 6.19. The molecule has 8 heteroatoms. The largest absolute Gasteiger partial charge is 0.298 e. The topological polar surface area (TPSA) is 79.4 Å². The van der Waals surface area contributed by atoms with Crippen LogP contribution < -0.4 is 5.32 Å². The minimum Gasteiger partial charge on any atom is -0.298 e. The lowest BCUT2D eigenvalue weighted by molar-refractivity contribution is 0.102. The molecule has 3 aromatic rings. The number of carbonyl (C=O) groups is 1. The van der Waals surface area contributed by atoms with Gasteiger partial charge in [-0.05, 0) is 68.1 Å². The molecule has 0 bridgehead atoms. The molecule has 2 aromatic carbocycles. The van der Waals surface area contributed by atoms with Crippen LogP contribution in [-0.2, 0) is 10.0 Å². The number of nitrogens with zero attached hydrogens (tertiary/aromatic N) is 2. The van der Waals surface area contributed by atoms with E-state index in [1.54, 1.807) is 19.2 Å². The van der Waals surface area contributed by atoms with Gasteiger partial charge in [0.1, 0.15) is 0 Å². The Morgan fingerprint density at radius 1 is 1.10 bits per heavy atom. The third-order valence-electron chi connectivity index (χ3n) is 5.94. The van der Waals surface area contributed by atoms with Crippen molar-refractivity contribution in [3.05, 3.63) is 53.1 Å². The lowest BCUT2D eigenvalue weighted by atomic mass is 10.1. The number of carbonyl (C=O) groups excluding carboxylic acids is 1. The Kier molecular flexibility index (Phi) is 5.65. The monoisotopic (exact) mass is 443 g/mol. The summed E-state index contributed by atoms with van der Waals surface area (Å²) in [6.45, 7) is 4.05. The predicted molar refractivity (Wildman–Crippen MR) is 121 cm³/mol. The summed E-state index contributed by atoms with van der Waals surface area (Å²) >= 11 is 1.42. The van der Waals surface area contributed by atoms with Crippen LogP contribution in [0.15, 0.2) is 41.3 Å². The van der Waals surface area contributed by atoms with Gasteiger partial charge in [-0.3, -0.25) is 10.1 Å². The second-order valence-electron chi connectivity index (χ2n) is 7.81. The van der Waals surface area contributed by atoms with Crippen LogP contribution in [0.3, 0.4) is 0 Å². The van der Waals surface area contributed by atoms with Crippen LogP contribution in [0.2, 0.25) is 0 Å². The van der Waals surface area contributed by atoms with Gasteiger partial charge in [-0.15, -0.1) is 0 Å². The van der Waals surface area contributed by atoms with Gasteiger partial charge in [-0.2, -0.15) is 4.31 Å². The molecule has 0 unspecified atom stereocenters. The molecule has 30 heavy (non-hydrogen) atoms. The van der Waals surface area contributed by atoms with Crippen molar-refractivity contribution in [1.29, 1.82) is 0 Å². The van der Waals surface area contributed by atoms with Crippen molar-refractivity contribution in [2.45, 2.75) is 50.5 Å². The molecule has 1 heterocycles. The first-order valence-electron chi connectivity index (χ1n) is 10.0. The molecule has 6 nitrogen and oxygen atoms in total. The smallest absolute Gasteiger partial charge is 0.257 e. The zero-order valence-corrected chi connectivity index (χ0v) is 18.9. The maximum atomic E-state index is 12.9. The summed E-state index contributed by atoms with van der Waals surface area (Å²) in [6.07, 6.45) is 3.93. The minimum absolute atomic E-state index is 0.0594. The number of nitrogens with one attached hydrogen (secondary N) is 1. The molecule has 0 aliphatic heterocycles. The molecule has 1 saturated carbocycles. The summed E-state index contributed by atoms with van der Waals surface area (Å²) in [4.78, 5) is 17.4. The Balaban J connectivity index is 1.51. The van der Waals surface area contributed by atoms with Crippen LogP contribution in [0, 0.1) is 13.8 Å². The van der Waals surface area contributed by atoms with Gasteiger partial charge >= 0.3 is 0 Å². The number of anilines is 1. The normalized spacial score (nSPS) is 15.2. The van der Waals surface area contributed by atoms with Crippen LogP contribution in [0.25, 0.3) is 10.2 Å². The molecule has 1 aliphatic rings. The number of aromatic nitrogens is 1. The van der Waals surface area contributed by atoms with Gasteiger partial charge in [0.05, 0.1) is 15.1 Å². The molecular formula is C22H25N3O3S2. The molecule has 4 rings (SSSR count). The average molecular weight is 444 g/mol. The first-order valence-corrected chi connectivity index (χ1v) is 12.3. The van der Waals surface area contributed by atoms with Gasteiger partial charge in [0.25, 0.3) is 5.91 Å². The average Bonchev–Trinajstić information content (AvgIpc) is 3.40. The summed E-state index contributed by atoms with van der Waals surface area (Å²) in [5.74, 6) is -0.309. The van der Waals surface area contributed by atoms with Gasteiger partial charge in [0.15, 0.2) is 5.13 Å². The summed E-state index contributed by atoms with van der Waals surface area (Å²) < 4.78 is 28.2. The zero-order valence-electron chi connectivity index (χ0n) is 17.3. The fraction of sp³-hybridized carbons (Fsp3) is 0.364. The predicted octanol–water partition coefficient (Wildman–Crippen LogP) is 4.73. The Morgan fingerprint density at radius 2 is 1.77 bits per heavy atom. The van der Waals surface area contributed by atoms with Crippen molar-refractivity contribution in [2.75, 3.05) is 12.4 Å². The third-order valence-corrected chi connectivity index (χ3v) is 8.80. The number of thiazole rings is 1. The van der Waals surface area contributed by atoms with Gasteiger partial charge < -0.3 is 0 Å². The standard InChI is InChI=1S/C22H25N3O3S2/c1-14-8-13-19-20(15(14)2)23-22(29-19)24-21(26)16-9-11-18(12-10-16)30(27,28)25(3)17-6-4-5-7-17/h8-13,17H,4-7H2,1-3H3,(H,23,24,26). The number of hydrogen-bond donors (Lipinski definition) is 1. The van der Waals surface area contributed by atoms with Crippen molar-refractivity contribution in [3.63, 3.8) is 0 Å². The Labute approximate surface area is 181 Å². The maximum absolute atomic E-state index is 12.9. The van der Waals surface area contributed by atoms with Gasteiger partial charge in [-0.25, -0.2) is 13.4 Å². The Bertz CT molecular complexity index is 1190. The lowest BCUT2D eigenvalue weighted by Gasteiger charge is -2.23. The number of amides is 1. The second-order valence-corrected chi connectivity index (χ2v) is 10.8. The molecule has 0 spiro atoms. The molecule has 1 aromatic heterocycles. The quantitative estimate of drug-likeness (QED) is 0.618. The van der Waals surface area contributed by atoms with Crippen LogP contribution in [0.4, 0.5) is 5.13 Å². The summed E-state index contributed by atoms with van der Waals surface area (Å²) in [5.41, 5.74) is 3.55. The molecule has 1 N–H and O–H groups in total. The molecular weight excluding hydrogens is 418 g/mol. The molecule has 0 atom stereocenters. The Hall–Kier alpha value is -2.29. The highest BCUT2D eigenvalue weighted by atomic mass is 32.2. The van der Waals surface area contributed by atoms with Gasteiger partial charge in [-0.1, -0.05) is 30.2 Å². The van der Waals surface area contributed by atoms with E-state index in [0.717, 1.165) is 47.0 Å². The van der Waals surface area contributed by atoms with E-state index in [-0.39, 0.29) is 16.8 Å². The summed E-state index contributed by atoms with van der Waals surface area (Å²) in [5, 5.41) is 3.36. The molecule has 0 saturated heterocycles. The van der Waals surface area contributed by atoms with Crippen molar-refractivity contribution in [3.8, 4) is 0 Å². The van der Waals surface area contributed by atoms with E-state index < -0.39 is 10.0 Å². The van der Waals surface area contributed by atoms with E-state index in [4.69, 9.17) is 0 Å². The Morgan fingerprint density at radius 3 is 2.43 bits per heavy atom.